The van der Waals surface area contributed by atoms with E-state index in [-0.39, 0.29) is 22.6 Å². The molecule has 0 saturated heterocycles. The van der Waals surface area contributed by atoms with Gasteiger partial charge in [-0.05, 0) is 12.1 Å². The van der Waals surface area contributed by atoms with Crippen molar-refractivity contribution in [2.24, 2.45) is 0 Å². The Hall–Kier alpha value is -2.88. The molecule has 8 N–H and O–H groups in total. The summed E-state index contributed by atoms with van der Waals surface area (Å²) in [6.45, 7) is 0. The van der Waals surface area contributed by atoms with E-state index in [9.17, 15) is 32.8 Å². The van der Waals surface area contributed by atoms with Crippen molar-refractivity contribution in [3.8, 4) is 11.5 Å². The highest BCUT2D eigenvalue weighted by atomic mass is 32.2. The molecule has 0 amide bonds. The predicted octanol–water partition coefficient (Wildman–Crippen LogP) is 0.713. The summed E-state index contributed by atoms with van der Waals surface area (Å²) in [5, 5.41) is 32.2. The molecular formula is C14H10N2O10S2. The number of hydrogen-bond acceptors (Lipinski definition) is 12. The number of ketones is 2. The van der Waals surface area contributed by atoms with Gasteiger partial charge in [-0.1, -0.05) is 5.04 Å². The van der Waals surface area contributed by atoms with Gasteiger partial charge in [-0.3, -0.25) is 14.1 Å². The summed E-state index contributed by atoms with van der Waals surface area (Å²) in [5.41, 5.74) is 8.08. The zero-order valence-corrected chi connectivity index (χ0v) is 15.0. The molecule has 28 heavy (non-hydrogen) atoms. The van der Waals surface area contributed by atoms with E-state index in [0.29, 0.717) is 6.07 Å². The van der Waals surface area contributed by atoms with Crippen molar-refractivity contribution in [3.05, 3.63) is 34.4 Å². The van der Waals surface area contributed by atoms with Crippen LogP contribution in [-0.2, 0) is 19.5 Å². The minimum atomic E-state index is -4.97. The minimum Gasteiger partial charge on any atom is -0.506 e. The largest absolute Gasteiger partial charge is 0.506 e. The van der Waals surface area contributed by atoms with Crippen molar-refractivity contribution in [1.29, 1.82) is 0 Å². The zero-order chi connectivity index (χ0) is 21.0. The Morgan fingerprint density at radius 1 is 0.893 bits per heavy atom. The van der Waals surface area contributed by atoms with Crippen LogP contribution < -0.4 is 11.5 Å². The quantitative estimate of drug-likeness (QED) is 0.0839. The fourth-order valence-electron chi connectivity index (χ4n) is 2.83. The summed E-state index contributed by atoms with van der Waals surface area (Å²) in [5.74, 6) is -4.10. The van der Waals surface area contributed by atoms with Crippen molar-refractivity contribution in [2.45, 2.75) is 9.79 Å². The Kier molecular flexibility index (Phi) is 4.70. The number of nitrogens with two attached hydrogens (primary N) is 2. The number of nitrogen functional groups attached to an aromatic ring is 2. The lowest BCUT2D eigenvalue weighted by molar-refractivity contribution is -0.432. The van der Waals surface area contributed by atoms with Crippen molar-refractivity contribution in [1.82, 2.24) is 0 Å². The molecule has 3 rings (SSSR count). The van der Waals surface area contributed by atoms with E-state index in [1.165, 1.54) is 0 Å². The first-order valence-corrected chi connectivity index (χ1v) is 9.21. The van der Waals surface area contributed by atoms with Gasteiger partial charge in [0.2, 0.25) is 11.6 Å². The van der Waals surface area contributed by atoms with Crippen LogP contribution in [0.2, 0.25) is 0 Å². The fraction of sp³-hybridized carbons (Fsp3) is 0. The topological polar surface area (TPSA) is 220 Å². The van der Waals surface area contributed by atoms with Crippen molar-refractivity contribution in [3.63, 3.8) is 0 Å². The maximum Gasteiger partial charge on any atom is 0.298 e. The Labute approximate surface area is 160 Å². The van der Waals surface area contributed by atoms with E-state index in [2.05, 4.69) is 9.37 Å². The second-order valence-corrected chi connectivity index (χ2v) is 7.62. The molecule has 12 nitrogen and oxygen atoms in total. The number of benzene rings is 2. The lowest BCUT2D eigenvalue weighted by atomic mass is 9.81. The fourth-order valence-corrected chi connectivity index (χ4v) is 3.91. The molecule has 0 bridgehead atoms. The summed E-state index contributed by atoms with van der Waals surface area (Å²) in [6.07, 6.45) is 0. The zero-order valence-electron chi connectivity index (χ0n) is 13.4. The van der Waals surface area contributed by atoms with E-state index >= 15 is 0 Å². The molecule has 14 heteroatoms. The van der Waals surface area contributed by atoms with Gasteiger partial charge in [-0.15, -0.1) is 4.33 Å². The molecule has 0 aromatic heterocycles. The Balaban J connectivity index is 2.36. The lowest BCUT2D eigenvalue weighted by Crippen LogP contribution is -2.25. The number of phenols is 2. The highest BCUT2D eigenvalue weighted by Crippen LogP contribution is 2.46. The van der Waals surface area contributed by atoms with Gasteiger partial charge >= 0.3 is 0 Å². The smallest absolute Gasteiger partial charge is 0.298 e. The van der Waals surface area contributed by atoms with E-state index in [1.807, 2.05) is 0 Å². The molecule has 148 valence electrons. The first-order valence-electron chi connectivity index (χ1n) is 7.03. The van der Waals surface area contributed by atoms with Gasteiger partial charge in [0.15, 0.2) is 0 Å². The normalized spacial score (nSPS) is 13.4. The van der Waals surface area contributed by atoms with E-state index in [4.69, 9.17) is 16.7 Å². The van der Waals surface area contributed by atoms with Crippen LogP contribution in [0.3, 0.4) is 0 Å². The number of carbonyl (C=O) groups is 2. The molecule has 0 spiro atoms. The monoisotopic (exact) mass is 430 g/mol. The number of rotatable bonds is 4. The van der Waals surface area contributed by atoms with E-state index in [0.717, 1.165) is 6.07 Å². The van der Waals surface area contributed by atoms with Gasteiger partial charge in [0.05, 0.1) is 39.2 Å². The maximum absolute atomic E-state index is 12.9. The number of aromatic hydroxyl groups is 2. The van der Waals surface area contributed by atoms with Gasteiger partial charge in [0.25, 0.3) is 10.1 Å². The minimum absolute atomic E-state index is 0.202. The summed E-state index contributed by atoms with van der Waals surface area (Å²) in [4.78, 5) is 24.5. The Morgan fingerprint density at radius 3 is 1.89 bits per heavy atom. The summed E-state index contributed by atoms with van der Waals surface area (Å²) >= 11 is 0.273. The third-order valence-electron chi connectivity index (χ3n) is 3.93. The molecule has 1 aliphatic carbocycles. The number of fused-ring (bicyclic) bond motifs is 2. The molecule has 0 radical (unpaired) electrons. The molecule has 0 saturated carbocycles. The van der Waals surface area contributed by atoms with Gasteiger partial charge in [0, 0.05) is 11.4 Å². The van der Waals surface area contributed by atoms with Crippen LogP contribution in [-0.4, -0.2) is 40.0 Å². The van der Waals surface area contributed by atoms with Crippen LogP contribution in [0.15, 0.2) is 21.9 Å². The number of anilines is 2. The van der Waals surface area contributed by atoms with Crippen LogP contribution in [0.5, 0.6) is 11.5 Å². The second-order valence-electron chi connectivity index (χ2n) is 5.48. The SMILES string of the molecule is Nc1cc(SOOO)c(O)c2c1C(=O)c1c(O)c(S(=O)(=O)O)cc(N)c1C2=O. The van der Waals surface area contributed by atoms with Gasteiger partial charge < -0.3 is 21.7 Å². The van der Waals surface area contributed by atoms with Crippen molar-refractivity contribution < 1.29 is 47.4 Å². The number of hydrogen-bond donors (Lipinski definition) is 6. The molecular weight excluding hydrogens is 420 g/mol. The molecule has 2 aromatic carbocycles. The van der Waals surface area contributed by atoms with Crippen LogP contribution in [0.4, 0.5) is 11.4 Å². The highest BCUT2D eigenvalue weighted by Gasteiger charge is 2.40. The Morgan fingerprint density at radius 2 is 1.39 bits per heavy atom. The molecule has 2 aromatic rings. The summed E-state index contributed by atoms with van der Waals surface area (Å²) in [7, 11) is -4.97. The first-order chi connectivity index (χ1) is 13.0. The Bertz CT molecular complexity index is 1160. The van der Waals surface area contributed by atoms with E-state index < -0.39 is 66.0 Å². The van der Waals surface area contributed by atoms with Gasteiger partial charge in [-0.25, -0.2) is 5.26 Å². The third-order valence-corrected chi connectivity index (χ3v) is 5.42. The third kappa shape index (κ3) is 2.84. The molecule has 0 heterocycles. The number of carbonyl (C=O) groups excluding carboxylic acids is 2. The molecule has 0 aliphatic heterocycles. The van der Waals surface area contributed by atoms with Crippen LogP contribution in [0.25, 0.3) is 0 Å². The second kappa shape index (κ2) is 6.62. The average molecular weight is 430 g/mol. The molecule has 0 atom stereocenters. The highest BCUT2D eigenvalue weighted by molar-refractivity contribution is 7.94. The predicted molar refractivity (Wildman–Crippen MR) is 92.4 cm³/mol. The van der Waals surface area contributed by atoms with Crippen molar-refractivity contribution >= 4 is 45.1 Å². The number of phenolic OH excluding ortho intramolecular Hbond substituents is 2. The standard InChI is InChI=1S/C14H10N2O10S2/c15-3-1-5(27-26-25-21)11(17)9-7(3)14(20)10-8(13(9)19)4(16)2-6(12(10)18)28(22,23)24/h1-2,17-18,21H,15-16H2,(H,22,23,24). The molecule has 0 unspecified atom stereocenters. The average Bonchev–Trinajstić information content (AvgIpc) is 2.60. The molecule has 0 fully saturated rings. The van der Waals surface area contributed by atoms with Gasteiger partial charge in [-0.2, -0.15) is 8.42 Å². The summed E-state index contributed by atoms with van der Waals surface area (Å²) < 4.78 is 36.2. The van der Waals surface area contributed by atoms with Crippen molar-refractivity contribution in [2.75, 3.05) is 11.5 Å². The summed E-state index contributed by atoms with van der Waals surface area (Å²) in [6, 6.07) is 1.61. The van der Waals surface area contributed by atoms with Crippen LogP contribution in [0.1, 0.15) is 31.8 Å². The first kappa shape index (κ1) is 19.9. The van der Waals surface area contributed by atoms with E-state index in [1.54, 1.807) is 0 Å². The molecule has 1 aliphatic rings. The van der Waals surface area contributed by atoms with Crippen LogP contribution >= 0.6 is 12.0 Å². The van der Waals surface area contributed by atoms with Crippen LogP contribution in [0, 0.1) is 0 Å². The maximum atomic E-state index is 12.9. The lowest BCUT2D eigenvalue weighted by Gasteiger charge is -2.23. The van der Waals surface area contributed by atoms with Gasteiger partial charge in [0.1, 0.15) is 16.4 Å².